The van der Waals surface area contributed by atoms with E-state index in [2.05, 4.69) is 324 Å². The van der Waals surface area contributed by atoms with Crippen LogP contribution in [-0.4, -0.2) is 83.7 Å². The van der Waals surface area contributed by atoms with Gasteiger partial charge in [0.1, 0.15) is 0 Å². The molecule has 1 heterocycles. The second kappa shape index (κ2) is 51.9. The minimum absolute atomic E-state index is 0.0465. The zero-order chi connectivity index (χ0) is 98.7. The van der Waals surface area contributed by atoms with E-state index in [0.717, 1.165) is 56.7 Å². The summed E-state index contributed by atoms with van der Waals surface area (Å²) in [6.45, 7) is 57.3. The fourth-order valence-corrected chi connectivity index (χ4v) is 40.6. The Labute approximate surface area is 862 Å². The molecule has 7 aliphatic carbocycles. The predicted octanol–water partition coefficient (Wildman–Crippen LogP) is 37.4. The van der Waals surface area contributed by atoms with Crippen LogP contribution in [0.25, 0.3) is 16.7 Å². The van der Waals surface area contributed by atoms with E-state index >= 15 is 0 Å². The first-order chi connectivity index (χ1) is 64.5. The van der Waals surface area contributed by atoms with Crippen molar-refractivity contribution >= 4 is 109 Å². The van der Waals surface area contributed by atoms with Gasteiger partial charge in [-0.3, -0.25) is 0 Å². The minimum atomic E-state index is -1.90. The second-order valence-corrected chi connectivity index (χ2v) is 63.8. The zero-order valence-corrected chi connectivity index (χ0v) is 97.5. The number of aryl methyl sites for hydroxylation is 12. The van der Waals surface area contributed by atoms with Crippen LogP contribution >= 0.6 is 66.2 Å². The van der Waals surface area contributed by atoms with E-state index in [0.29, 0.717) is 0 Å². The van der Waals surface area contributed by atoms with Crippen molar-refractivity contribution < 1.29 is 31.4 Å². The third-order valence-electron chi connectivity index (χ3n) is 29.7. The van der Waals surface area contributed by atoms with Gasteiger partial charge in [-0.05, 0) is 403 Å². The van der Waals surface area contributed by atoms with E-state index in [1.165, 1.54) is 129 Å². The first-order valence-electron chi connectivity index (χ1n) is 52.3. The number of para-hydroxylation sites is 1. The van der Waals surface area contributed by atoms with Gasteiger partial charge in [0.05, 0.1) is 34.0 Å². The molecule has 0 bridgehead atoms. The Balaban J connectivity index is 0.000000163. The summed E-state index contributed by atoms with van der Waals surface area (Å²) in [6.07, 6.45) is 49.9. The van der Waals surface area contributed by atoms with E-state index in [1.54, 1.807) is 193 Å². The SMILES string of the molecule is C1CCC([PH+](C2CCCCC2)C2CCCCC2)CC1.C1CCC([PH+](C2CCCCC2)C2CCCCC2)CC1.CC1=C[C](=[Ru]([Cl])[Cl])c2ccccc21.Cc1cc(C)c(N2[CH-]N(c3c(C)cc(C)cc3C)CC2)c(C)c1.Cc1cc(C)cc(N(C(C)(C)C)C(Cl)(N(c2cc(C)cc(C)c2)C(C)(C)C)N(c2cc(C)cc(C)c2)C(C)(C)C)c1.[CH2-][O+](c1c([CH]=[Ru]([Cl])[Cl])cccc1-c1ccccc1)C(C)C. The second-order valence-electron chi connectivity index (χ2n) is 44.9. The molecule has 8 aromatic carbocycles. The number of benzene rings is 8. The summed E-state index contributed by atoms with van der Waals surface area (Å²) >= 11 is 4.93. The number of allylic oxidation sites excluding steroid dienone is 2. The third-order valence-corrected chi connectivity index (χ3v) is 44.3. The molecule has 15 heteroatoms. The summed E-state index contributed by atoms with van der Waals surface area (Å²) in [4.78, 5) is 12.1. The van der Waals surface area contributed by atoms with Crippen molar-refractivity contribution in [3.05, 3.63) is 255 Å². The summed E-state index contributed by atoms with van der Waals surface area (Å²) in [5.74, 6) is 0.999. The van der Waals surface area contributed by atoms with Crippen LogP contribution < -0.4 is 24.5 Å². The number of nitrogens with zero attached hydrogens (tertiary/aromatic N) is 5. The number of hydrogen-bond donors (Lipinski definition) is 0. The Morgan fingerprint density at radius 2 is 0.654 bits per heavy atom. The van der Waals surface area contributed by atoms with E-state index in [-0.39, 0.29) is 38.6 Å². The van der Waals surface area contributed by atoms with Gasteiger partial charge in [-0.15, -0.1) is 0 Å². The van der Waals surface area contributed by atoms with Gasteiger partial charge in [0, 0.05) is 74.0 Å². The normalized spacial score (nSPS) is 17.7. The molecule has 7 fully saturated rings. The topological polar surface area (TPSA) is 18.9 Å². The predicted molar refractivity (Wildman–Crippen MR) is 607 cm³/mol. The van der Waals surface area contributed by atoms with Gasteiger partial charge < -0.3 is 24.5 Å². The molecule has 0 spiro atoms. The molecule has 8 aliphatic rings. The third kappa shape index (κ3) is 30.4. The van der Waals surface area contributed by atoms with Gasteiger partial charge in [-0.2, -0.15) is 6.67 Å². The summed E-state index contributed by atoms with van der Waals surface area (Å²) in [5, 5.41) is -1.16. The number of hydrogen-bond acceptors (Lipinski definition) is 5. The first-order valence-corrected chi connectivity index (χ1v) is 67.0. The van der Waals surface area contributed by atoms with Crippen LogP contribution in [0.3, 0.4) is 0 Å². The molecule has 6 saturated carbocycles. The van der Waals surface area contributed by atoms with Gasteiger partial charge in [0.15, 0.2) is 0 Å². The number of alkyl halides is 1. The fourth-order valence-electron chi connectivity index (χ4n) is 24.8. The average Bonchev–Trinajstić information content (AvgIpc) is 0.756. The van der Waals surface area contributed by atoms with E-state index in [1.807, 2.05) is 47.1 Å². The molecule has 0 amide bonds. The Bertz CT molecular complexity index is 4770. The Morgan fingerprint density at radius 1 is 0.375 bits per heavy atom. The van der Waals surface area contributed by atoms with Gasteiger partial charge in [-0.1, -0.05) is 92.1 Å². The van der Waals surface area contributed by atoms with Gasteiger partial charge >= 0.3 is 231 Å². The molecule has 1 aliphatic heterocycles. The molecule has 750 valence electrons. The van der Waals surface area contributed by atoms with Crippen molar-refractivity contribution in [2.45, 2.75) is 421 Å². The Morgan fingerprint density at radius 3 is 0.934 bits per heavy atom. The van der Waals surface area contributed by atoms with E-state index < -0.39 is 32.3 Å². The molecule has 0 N–H and O–H groups in total. The van der Waals surface area contributed by atoms with Crippen molar-refractivity contribution in [1.29, 1.82) is 0 Å². The standard InChI is InChI=1S/C37H54ClN3.C21H27N2.2C18H33P.C17H18O.C10H8.4ClH.2Ru/c1-25-16-26(2)20-31(19-25)39(34(7,8)9)37(38,40(35(10,11)12)32-21-27(3)17-28(4)22-32)41(36(13,14)15)33-23-29(5)18-30(6)24-33;1-14-9-16(3)20(17(4)10-14)22-7-8-23(13-22)21-18(5)11-15(2)12-19(21)6;2*1-4-10-16(11-5-1)19(17-12-6-2-7-13-17)18-14-8-3-9-15-18;1-13(2)18(4)17-14(3)9-8-12-16(17)15-10-6-5-7-11-15;1-8-6-7-9-4-2-3-5-10(8)9;;;;;;/h16-24H,1-15H3;9-13H,7-8H2,1-6H3;2*16-18H,1-15H2;3,5-13H,4H2,1-2H3;2-6H,1H3;4*1H;;/q;-1;;;;;;;;;2*+2/p-2. The van der Waals surface area contributed by atoms with Crippen LogP contribution in [0.15, 0.2) is 158 Å². The maximum absolute atomic E-state index is 8.59. The van der Waals surface area contributed by atoms with Crippen LogP contribution in [0.5, 0.6) is 5.75 Å². The van der Waals surface area contributed by atoms with E-state index in [4.69, 9.17) is 50.4 Å². The van der Waals surface area contributed by atoms with Crippen LogP contribution in [-0.2, 0) is 31.4 Å². The van der Waals surface area contributed by atoms with Crippen LogP contribution in [0, 0.1) is 96.9 Å². The van der Waals surface area contributed by atoms with Crippen LogP contribution in [0.4, 0.5) is 28.4 Å². The molecule has 16 rings (SSSR count). The molecule has 8 aromatic rings. The van der Waals surface area contributed by atoms with Crippen molar-refractivity contribution in [1.82, 2.24) is 0 Å². The number of halogens is 5. The first kappa shape index (κ1) is 112. The van der Waals surface area contributed by atoms with Crippen LogP contribution in [0.2, 0.25) is 0 Å². The molecule has 0 aromatic heterocycles. The summed E-state index contributed by atoms with van der Waals surface area (Å²) in [7, 11) is 28.2. The summed E-state index contributed by atoms with van der Waals surface area (Å²) < 4.78 is 6.05. The van der Waals surface area contributed by atoms with Crippen molar-refractivity contribution in [2.75, 3.05) is 37.6 Å². The van der Waals surface area contributed by atoms with Crippen molar-refractivity contribution in [3.8, 4) is 16.9 Å². The monoisotopic (exact) mass is 2150 g/mol. The molecular formula is C121H175Cl5N5OP2Ru2+. The molecule has 0 radical (unpaired) electrons. The molecule has 1 saturated heterocycles. The average molecular weight is 2160 g/mol. The summed E-state index contributed by atoms with van der Waals surface area (Å²) in [6, 6.07) is 54.1. The molecule has 0 atom stereocenters. The van der Waals surface area contributed by atoms with Crippen molar-refractivity contribution in [3.63, 3.8) is 0 Å². The van der Waals surface area contributed by atoms with Gasteiger partial charge in [-0.25, -0.2) is 0 Å². The van der Waals surface area contributed by atoms with E-state index in [9.17, 15) is 0 Å². The quantitative estimate of drug-likeness (QED) is 0.0162. The molecule has 6 nitrogen and oxygen atoms in total. The number of rotatable bonds is 18. The number of anilines is 5. The van der Waals surface area contributed by atoms with Crippen LogP contribution in [0.1, 0.15) is 359 Å². The summed E-state index contributed by atoms with van der Waals surface area (Å²) in [5.41, 5.74) is 34.8. The fraction of sp³-hybridized carbons (Fsp3) is 0.554. The Kier molecular flexibility index (Phi) is 42.7. The zero-order valence-electron chi connectivity index (χ0n) is 88.3. The van der Waals surface area contributed by atoms with Gasteiger partial charge in [0.2, 0.25) is 0 Å². The molecule has 136 heavy (non-hydrogen) atoms. The molecular weight excluding hydrogens is 1980 g/mol. The number of fused-ring (bicyclic) bond motifs is 1. The molecule has 0 unspecified atom stereocenters. The van der Waals surface area contributed by atoms with Crippen molar-refractivity contribution in [2.24, 2.45) is 0 Å². The Hall–Kier alpha value is -4.40. The maximum atomic E-state index is 8.59. The van der Waals surface area contributed by atoms with Gasteiger partial charge in [0.25, 0.3) is 5.25 Å².